The van der Waals surface area contributed by atoms with E-state index < -0.39 is 17.6 Å². The van der Waals surface area contributed by atoms with E-state index in [4.69, 9.17) is 9.47 Å². The lowest BCUT2D eigenvalue weighted by molar-refractivity contribution is -0.202. The molecule has 0 fully saturated rings. The highest BCUT2D eigenvalue weighted by molar-refractivity contribution is 5.81. The van der Waals surface area contributed by atoms with Gasteiger partial charge in [-0.2, -0.15) is 13.2 Å². The molecule has 3 rings (SSSR count). The molecule has 0 aliphatic heterocycles. The molecule has 1 aliphatic carbocycles. The maximum Gasteiger partial charge on any atom is 0.415 e. The lowest BCUT2D eigenvalue weighted by Crippen LogP contribution is -2.55. The number of nitrogens with one attached hydrogen (secondary N) is 1. The van der Waals surface area contributed by atoms with Crippen LogP contribution in [0.25, 0.3) is 0 Å². The third-order valence-corrected chi connectivity index (χ3v) is 4.95. The highest BCUT2D eigenvalue weighted by Crippen LogP contribution is 2.48. The van der Waals surface area contributed by atoms with Gasteiger partial charge in [0.25, 0.3) is 0 Å². The largest absolute Gasteiger partial charge is 0.496 e. The summed E-state index contributed by atoms with van der Waals surface area (Å²) < 4.78 is 52.5. The van der Waals surface area contributed by atoms with Gasteiger partial charge in [-0.1, -0.05) is 30.3 Å². The number of aryl methyl sites for hydroxylation is 1. The smallest absolute Gasteiger partial charge is 0.415 e. The van der Waals surface area contributed by atoms with Crippen LogP contribution in [0.1, 0.15) is 23.1 Å². The van der Waals surface area contributed by atoms with Gasteiger partial charge in [-0.25, -0.2) is 0 Å². The summed E-state index contributed by atoms with van der Waals surface area (Å²) in [6.07, 6.45) is -4.86. The molecule has 2 aromatic carbocycles. The number of methoxy groups -OCH3 is 2. The van der Waals surface area contributed by atoms with Crippen molar-refractivity contribution in [2.45, 2.75) is 31.0 Å². The Balaban J connectivity index is 1.93. The van der Waals surface area contributed by atoms with Crippen LogP contribution < -0.4 is 14.8 Å². The molecular formula is C20H20F3NO3. The van der Waals surface area contributed by atoms with Crippen LogP contribution in [0.3, 0.4) is 0 Å². The zero-order valence-electron chi connectivity index (χ0n) is 15.0. The van der Waals surface area contributed by atoms with Gasteiger partial charge in [-0.05, 0) is 36.1 Å². The van der Waals surface area contributed by atoms with E-state index in [1.165, 1.54) is 20.3 Å². The van der Waals surface area contributed by atoms with Gasteiger partial charge in [0, 0.05) is 5.56 Å². The summed E-state index contributed by atoms with van der Waals surface area (Å²) >= 11 is 0. The molecule has 0 bridgehead atoms. The van der Waals surface area contributed by atoms with Gasteiger partial charge in [-0.3, -0.25) is 4.79 Å². The molecule has 0 unspecified atom stereocenters. The second-order valence-corrected chi connectivity index (χ2v) is 6.43. The molecule has 0 heterocycles. The third-order valence-electron chi connectivity index (χ3n) is 4.95. The van der Waals surface area contributed by atoms with Crippen LogP contribution in [0.5, 0.6) is 11.5 Å². The molecule has 1 aliphatic rings. The Hall–Kier alpha value is -2.70. The first-order chi connectivity index (χ1) is 12.8. The normalized spacial score (nSPS) is 18.7. The van der Waals surface area contributed by atoms with Crippen molar-refractivity contribution in [2.24, 2.45) is 0 Å². The zero-order chi connectivity index (χ0) is 19.7. The molecule has 0 spiro atoms. The molecule has 1 N–H and O–H groups in total. The van der Waals surface area contributed by atoms with Crippen LogP contribution in [0.2, 0.25) is 0 Å². The summed E-state index contributed by atoms with van der Waals surface area (Å²) in [5.41, 5.74) is -1.26. The molecule has 0 saturated carbocycles. The number of hydrogen-bond acceptors (Lipinski definition) is 3. The maximum atomic E-state index is 14.0. The first-order valence-corrected chi connectivity index (χ1v) is 8.48. The second kappa shape index (κ2) is 7.13. The van der Waals surface area contributed by atoms with E-state index in [0.29, 0.717) is 22.6 Å². The van der Waals surface area contributed by atoms with Crippen LogP contribution in [-0.2, 0) is 23.2 Å². The molecule has 4 nitrogen and oxygen atoms in total. The Morgan fingerprint density at radius 3 is 2.30 bits per heavy atom. The zero-order valence-corrected chi connectivity index (χ0v) is 15.0. The molecule has 0 aromatic heterocycles. The Morgan fingerprint density at radius 1 is 1.07 bits per heavy atom. The lowest BCUT2D eigenvalue weighted by atomic mass is 9.90. The van der Waals surface area contributed by atoms with Crippen LogP contribution in [0.15, 0.2) is 42.5 Å². The van der Waals surface area contributed by atoms with Gasteiger partial charge in [0.1, 0.15) is 11.5 Å². The number of carbonyl (C=O) groups excluding carboxylic acids is 1. The first-order valence-electron chi connectivity index (χ1n) is 8.48. The second-order valence-electron chi connectivity index (χ2n) is 6.43. The maximum absolute atomic E-state index is 14.0. The topological polar surface area (TPSA) is 47.6 Å². The standard InChI is InChI=1S/C20H20F3NO3/c1-26-16-8-5-9-17(27-2)14(16)12-18(25)24-19(20(21,22)23)11-10-13-6-3-4-7-15(13)19/h3-9H,10-12H2,1-2H3,(H,24,25)/t19-/m1/s1. The van der Waals surface area contributed by atoms with E-state index in [9.17, 15) is 18.0 Å². The quantitative estimate of drug-likeness (QED) is 0.860. The number of alkyl halides is 3. The summed E-state index contributed by atoms with van der Waals surface area (Å²) in [4.78, 5) is 12.6. The monoisotopic (exact) mass is 379 g/mol. The minimum atomic E-state index is -4.61. The number of halogens is 3. The number of amides is 1. The van der Waals surface area contributed by atoms with Crippen LogP contribution >= 0.6 is 0 Å². The van der Waals surface area contributed by atoms with Crippen molar-refractivity contribution in [3.8, 4) is 11.5 Å². The summed E-state index contributed by atoms with van der Waals surface area (Å²) in [6.45, 7) is 0. The van der Waals surface area contributed by atoms with Gasteiger partial charge >= 0.3 is 6.18 Å². The Kier molecular flexibility index (Phi) is 5.04. The molecule has 7 heteroatoms. The van der Waals surface area contributed by atoms with E-state index in [1.54, 1.807) is 36.4 Å². The molecule has 1 amide bonds. The fourth-order valence-corrected chi connectivity index (χ4v) is 3.65. The van der Waals surface area contributed by atoms with Crippen LogP contribution in [0.4, 0.5) is 13.2 Å². The van der Waals surface area contributed by atoms with Gasteiger partial charge in [0.15, 0.2) is 5.54 Å². The minimum absolute atomic E-state index is 0.109. The summed E-state index contributed by atoms with van der Waals surface area (Å²) in [7, 11) is 2.86. The van der Waals surface area contributed by atoms with Gasteiger partial charge in [-0.15, -0.1) is 0 Å². The van der Waals surface area contributed by atoms with Crippen molar-refractivity contribution in [2.75, 3.05) is 14.2 Å². The van der Waals surface area contributed by atoms with Gasteiger partial charge < -0.3 is 14.8 Å². The lowest BCUT2D eigenvalue weighted by Gasteiger charge is -2.34. The number of fused-ring (bicyclic) bond motifs is 1. The Bertz CT molecular complexity index is 828. The SMILES string of the molecule is COc1cccc(OC)c1CC(=O)N[C@]1(C(F)(F)F)CCc2ccccc21. The minimum Gasteiger partial charge on any atom is -0.496 e. The first kappa shape index (κ1) is 19.1. The fourth-order valence-electron chi connectivity index (χ4n) is 3.65. The average Bonchev–Trinajstić information content (AvgIpc) is 3.01. The Labute approximate surface area is 155 Å². The molecule has 1 atom stereocenters. The fraction of sp³-hybridized carbons (Fsp3) is 0.350. The average molecular weight is 379 g/mol. The molecule has 0 saturated heterocycles. The number of carbonyl (C=O) groups is 1. The molecule has 144 valence electrons. The number of rotatable bonds is 5. The van der Waals surface area contributed by atoms with E-state index in [-0.39, 0.29) is 24.8 Å². The highest BCUT2D eigenvalue weighted by Gasteiger charge is 2.59. The van der Waals surface area contributed by atoms with E-state index >= 15 is 0 Å². The summed E-state index contributed by atoms with van der Waals surface area (Å²) in [5, 5.41) is 2.26. The predicted molar refractivity (Wildman–Crippen MR) is 93.9 cm³/mol. The Morgan fingerprint density at radius 2 is 1.70 bits per heavy atom. The molecule has 0 radical (unpaired) electrons. The van der Waals surface area contributed by atoms with E-state index in [1.807, 2.05) is 0 Å². The molecule has 2 aromatic rings. The third kappa shape index (κ3) is 3.34. The van der Waals surface area contributed by atoms with E-state index in [2.05, 4.69) is 5.32 Å². The van der Waals surface area contributed by atoms with E-state index in [0.717, 1.165) is 0 Å². The van der Waals surface area contributed by atoms with Gasteiger partial charge in [0.2, 0.25) is 5.91 Å². The number of ether oxygens (including phenoxy) is 2. The number of benzene rings is 2. The van der Waals surface area contributed by atoms with Crippen molar-refractivity contribution in [3.63, 3.8) is 0 Å². The highest BCUT2D eigenvalue weighted by atomic mass is 19.4. The number of hydrogen-bond donors (Lipinski definition) is 1. The van der Waals surface area contributed by atoms with Crippen LogP contribution in [-0.4, -0.2) is 26.3 Å². The van der Waals surface area contributed by atoms with Crippen molar-refractivity contribution >= 4 is 5.91 Å². The van der Waals surface area contributed by atoms with Crippen molar-refractivity contribution in [1.29, 1.82) is 0 Å². The predicted octanol–water partition coefficient (Wildman–Crippen LogP) is 3.77. The van der Waals surface area contributed by atoms with Crippen molar-refractivity contribution < 1.29 is 27.4 Å². The van der Waals surface area contributed by atoms with Crippen molar-refractivity contribution in [1.82, 2.24) is 5.32 Å². The summed E-state index contributed by atoms with van der Waals surface area (Å²) in [6, 6.07) is 11.3. The van der Waals surface area contributed by atoms with Crippen molar-refractivity contribution in [3.05, 3.63) is 59.2 Å². The molecule has 27 heavy (non-hydrogen) atoms. The molecular weight excluding hydrogens is 359 g/mol. The van der Waals surface area contributed by atoms with Gasteiger partial charge in [0.05, 0.1) is 20.6 Å². The van der Waals surface area contributed by atoms with Crippen LogP contribution in [0, 0.1) is 0 Å². The summed E-state index contributed by atoms with van der Waals surface area (Å²) in [5.74, 6) is 0.0292.